The Labute approximate surface area is 115 Å². The molecule has 2 N–H and O–H groups in total. The zero-order valence-electron chi connectivity index (χ0n) is 10.3. The minimum Gasteiger partial charge on any atom is -0.375 e. The van der Waals surface area contributed by atoms with Crippen molar-refractivity contribution in [1.82, 2.24) is 5.32 Å². The molecule has 0 radical (unpaired) electrons. The summed E-state index contributed by atoms with van der Waals surface area (Å²) >= 11 is 3.44. The summed E-state index contributed by atoms with van der Waals surface area (Å²) < 4.78 is 6.40. The highest BCUT2D eigenvalue weighted by atomic mass is 79.9. The van der Waals surface area contributed by atoms with Crippen molar-refractivity contribution < 1.29 is 9.53 Å². The van der Waals surface area contributed by atoms with Crippen LogP contribution in [-0.4, -0.2) is 31.7 Å². The molecule has 4 nitrogen and oxygen atoms in total. The van der Waals surface area contributed by atoms with Crippen molar-refractivity contribution >= 4 is 27.5 Å². The Morgan fingerprint density at radius 3 is 3.11 bits per heavy atom. The van der Waals surface area contributed by atoms with Gasteiger partial charge < -0.3 is 15.4 Å². The van der Waals surface area contributed by atoms with Crippen molar-refractivity contribution in [2.75, 3.05) is 25.0 Å². The number of nitrogens with one attached hydrogen (secondary N) is 2. The van der Waals surface area contributed by atoms with Crippen LogP contribution in [0.1, 0.15) is 12.0 Å². The fourth-order valence-electron chi connectivity index (χ4n) is 1.88. The van der Waals surface area contributed by atoms with Crippen molar-refractivity contribution in [2.24, 2.45) is 0 Å². The summed E-state index contributed by atoms with van der Waals surface area (Å²) in [7, 11) is 0. The molecule has 1 amide bonds. The molecule has 1 saturated heterocycles. The molecule has 1 atom stereocenters. The number of aryl methyl sites for hydroxylation is 1. The maximum absolute atomic E-state index is 11.9. The van der Waals surface area contributed by atoms with E-state index in [1.807, 2.05) is 25.1 Å². The van der Waals surface area contributed by atoms with E-state index in [1.165, 1.54) is 0 Å². The van der Waals surface area contributed by atoms with Crippen LogP contribution in [-0.2, 0) is 9.53 Å². The lowest BCUT2D eigenvalue weighted by atomic mass is 10.2. The standard InChI is InChI=1S/C13H17BrN2O2/c1-9-2-3-12(11(14)6-9)16-13(17)7-10-8-15-4-5-18-10/h2-3,6,10,15H,4-5,7-8H2,1H3,(H,16,17). The molecule has 1 aromatic carbocycles. The van der Waals surface area contributed by atoms with Gasteiger partial charge in [-0.05, 0) is 40.5 Å². The highest BCUT2D eigenvalue weighted by Gasteiger charge is 2.17. The molecule has 0 spiro atoms. The molecule has 2 rings (SSSR count). The number of amides is 1. The van der Waals surface area contributed by atoms with E-state index >= 15 is 0 Å². The van der Waals surface area contributed by atoms with Crippen LogP contribution in [0.3, 0.4) is 0 Å². The zero-order valence-corrected chi connectivity index (χ0v) is 11.9. The van der Waals surface area contributed by atoms with E-state index in [0.29, 0.717) is 13.0 Å². The Hall–Kier alpha value is -0.910. The number of morpholine rings is 1. The lowest BCUT2D eigenvalue weighted by Gasteiger charge is -2.23. The third kappa shape index (κ3) is 3.80. The van der Waals surface area contributed by atoms with E-state index in [-0.39, 0.29) is 12.0 Å². The van der Waals surface area contributed by atoms with Crippen LogP contribution in [0.4, 0.5) is 5.69 Å². The normalized spacial score (nSPS) is 19.6. The Bertz CT molecular complexity index is 431. The molecule has 1 aliphatic heterocycles. The summed E-state index contributed by atoms with van der Waals surface area (Å²) in [6, 6.07) is 5.85. The molecular formula is C13H17BrN2O2. The van der Waals surface area contributed by atoms with Gasteiger partial charge in [0, 0.05) is 17.6 Å². The van der Waals surface area contributed by atoms with E-state index in [4.69, 9.17) is 4.74 Å². The fraction of sp³-hybridized carbons (Fsp3) is 0.462. The molecule has 0 bridgehead atoms. The van der Waals surface area contributed by atoms with E-state index in [2.05, 4.69) is 26.6 Å². The second-order valence-electron chi connectivity index (χ2n) is 4.43. The number of halogens is 1. The average molecular weight is 313 g/mol. The van der Waals surface area contributed by atoms with E-state index in [0.717, 1.165) is 28.8 Å². The Morgan fingerprint density at radius 2 is 2.44 bits per heavy atom. The summed E-state index contributed by atoms with van der Waals surface area (Å²) in [6.45, 7) is 4.29. The molecule has 98 valence electrons. The Morgan fingerprint density at radius 1 is 1.61 bits per heavy atom. The van der Waals surface area contributed by atoms with Gasteiger partial charge in [0.1, 0.15) is 0 Å². The van der Waals surface area contributed by atoms with Crippen LogP contribution < -0.4 is 10.6 Å². The molecule has 1 aliphatic rings. The van der Waals surface area contributed by atoms with E-state index < -0.39 is 0 Å². The van der Waals surface area contributed by atoms with Gasteiger partial charge in [-0.1, -0.05) is 6.07 Å². The van der Waals surface area contributed by atoms with Crippen molar-refractivity contribution in [3.63, 3.8) is 0 Å². The molecule has 0 aliphatic carbocycles. The lowest BCUT2D eigenvalue weighted by molar-refractivity contribution is -0.119. The number of carbonyl (C=O) groups is 1. The number of rotatable bonds is 3. The highest BCUT2D eigenvalue weighted by Crippen LogP contribution is 2.23. The van der Waals surface area contributed by atoms with Gasteiger partial charge in [-0.15, -0.1) is 0 Å². The fourth-order valence-corrected chi connectivity index (χ4v) is 2.47. The maximum atomic E-state index is 11.9. The monoisotopic (exact) mass is 312 g/mol. The predicted octanol–water partition coefficient (Wildman–Crippen LogP) is 2.07. The van der Waals surface area contributed by atoms with Crippen LogP contribution in [0.5, 0.6) is 0 Å². The van der Waals surface area contributed by atoms with Crippen LogP contribution in [0.15, 0.2) is 22.7 Å². The largest absolute Gasteiger partial charge is 0.375 e. The van der Waals surface area contributed by atoms with Gasteiger partial charge in [0.25, 0.3) is 0 Å². The number of anilines is 1. The first kappa shape index (κ1) is 13.5. The number of ether oxygens (including phenoxy) is 1. The molecule has 1 aromatic rings. The van der Waals surface area contributed by atoms with Gasteiger partial charge in [0.15, 0.2) is 0 Å². The van der Waals surface area contributed by atoms with E-state index in [1.54, 1.807) is 0 Å². The van der Waals surface area contributed by atoms with Crippen molar-refractivity contribution in [1.29, 1.82) is 0 Å². The van der Waals surface area contributed by atoms with Crippen molar-refractivity contribution in [2.45, 2.75) is 19.4 Å². The van der Waals surface area contributed by atoms with Gasteiger partial charge in [0.05, 0.1) is 24.8 Å². The molecule has 1 unspecified atom stereocenters. The van der Waals surface area contributed by atoms with E-state index in [9.17, 15) is 4.79 Å². The molecule has 1 fully saturated rings. The summed E-state index contributed by atoms with van der Waals surface area (Å²) in [5.74, 6) is -0.0201. The zero-order chi connectivity index (χ0) is 13.0. The smallest absolute Gasteiger partial charge is 0.227 e. The average Bonchev–Trinajstić information content (AvgIpc) is 2.34. The minimum absolute atomic E-state index is 0.0201. The highest BCUT2D eigenvalue weighted by molar-refractivity contribution is 9.10. The van der Waals surface area contributed by atoms with Gasteiger partial charge in [0.2, 0.25) is 5.91 Å². The summed E-state index contributed by atoms with van der Waals surface area (Å²) in [4.78, 5) is 11.9. The quantitative estimate of drug-likeness (QED) is 0.898. The van der Waals surface area contributed by atoms with Gasteiger partial charge in [-0.25, -0.2) is 0 Å². The number of hydrogen-bond acceptors (Lipinski definition) is 3. The molecule has 5 heteroatoms. The second kappa shape index (κ2) is 6.31. The first-order valence-corrected chi connectivity index (χ1v) is 6.83. The predicted molar refractivity (Wildman–Crippen MR) is 74.7 cm³/mol. The van der Waals surface area contributed by atoms with Crippen LogP contribution >= 0.6 is 15.9 Å². The summed E-state index contributed by atoms with van der Waals surface area (Å²) in [5, 5.41) is 6.10. The summed E-state index contributed by atoms with van der Waals surface area (Å²) in [5.41, 5.74) is 1.95. The maximum Gasteiger partial charge on any atom is 0.227 e. The topological polar surface area (TPSA) is 50.4 Å². The van der Waals surface area contributed by atoms with Crippen LogP contribution in [0.25, 0.3) is 0 Å². The minimum atomic E-state index is -0.0250. The Kier molecular flexibility index (Phi) is 4.74. The third-order valence-corrected chi connectivity index (χ3v) is 3.47. The van der Waals surface area contributed by atoms with Crippen molar-refractivity contribution in [3.05, 3.63) is 28.2 Å². The van der Waals surface area contributed by atoms with Crippen LogP contribution in [0, 0.1) is 6.92 Å². The van der Waals surface area contributed by atoms with Gasteiger partial charge in [-0.3, -0.25) is 4.79 Å². The van der Waals surface area contributed by atoms with Crippen LogP contribution in [0.2, 0.25) is 0 Å². The van der Waals surface area contributed by atoms with Gasteiger partial charge in [-0.2, -0.15) is 0 Å². The molecule has 1 heterocycles. The number of carbonyl (C=O) groups excluding carboxylic acids is 1. The Balaban J connectivity index is 1.90. The third-order valence-electron chi connectivity index (χ3n) is 2.82. The molecular weight excluding hydrogens is 296 g/mol. The summed E-state index contributed by atoms with van der Waals surface area (Å²) in [6.07, 6.45) is 0.357. The second-order valence-corrected chi connectivity index (χ2v) is 5.29. The first-order chi connectivity index (χ1) is 8.65. The lowest BCUT2D eigenvalue weighted by Crippen LogP contribution is -2.40. The van der Waals surface area contributed by atoms with Crippen molar-refractivity contribution in [3.8, 4) is 0 Å². The molecule has 18 heavy (non-hydrogen) atoms. The van der Waals surface area contributed by atoms with Gasteiger partial charge >= 0.3 is 0 Å². The SMILES string of the molecule is Cc1ccc(NC(=O)CC2CNCCO2)c(Br)c1. The molecule has 0 aromatic heterocycles. The number of benzene rings is 1. The molecule has 0 saturated carbocycles. The number of hydrogen-bond donors (Lipinski definition) is 2. The first-order valence-electron chi connectivity index (χ1n) is 6.03.